The van der Waals surface area contributed by atoms with Gasteiger partial charge in [-0.1, -0.05) is 41.9 Å². The summed E-state index contributed by atoms with van der Waals surface area (Å²) in [6.07, 6.45) is -0.662. The van der Waals surface area contributed by atoms with Gasteiger partial charge in [0.05, 0.1) is 3.79 Å². The summed E-state index contributed by atoms with van der Waals surface area (Å²) in [7, 11) is 0. The van der Waals surface area contributed by atoms with E-state index in [2.05, 4.69) is 31.9 Å². The Morgan fingerprint density at radius 1 is 1.05 bits per heavy atom. The number of rotatable bonds is 2. The molecule has 20 heavy (non-hydrogen) atoms. The lowest BCUT2D eigenvalue weighted by Crippen LogP contribution is -1.98. The predicted molar refractivity (Wildman–Crippen MR) is 92.7 cm³/mol. The first-order valence-corrected chi connectivity index (χ1v) is 8.66. The van der Waals surface area contributed by atoms with Crippen LogP contribution in [0.15, 0.2) is 50.7 Å². The van der Waals surface area contributed by atoms with Crippen molar-refractivity contribution in [3.05, 3.63) is 66.2 Å². The molecule has 0 saturated carbocycles. The lowest BCUT2D eigenvalue weighted by atomic mass is 9.99. The van der Waals surface area contributed by atoms with Crippen LogP contribution in [-0.4, -0.2) is 5.11 Å². The van der Waals surface area contributed by atoms with Gasteiger partial charge in [0.2, 0.25) is 0 Å². The Morgan fingerprint density at radius 3 is 2.40 bits per heavy atom. The van der Waals surface area contributed by atoms with Gasteiger partial charge in [0.1, 0.15) is 6.10 Å². The van der Waals surface area contributed by atoms with Crippen LogP contribution in [0.4, 0.5) is 0 Å². The Kier molecular flexibility index (Phi) is 4.20. The van der Waals surface area contributed by atoms with Crippen molar-refractivity contribution >= 4 is 65.6 Å². The first kappa shape index (κ1) is 14.5. The van der Waals surface area contributed by atoms with E-state index in [-0.39, 0.29) is 0 Å². The molecular weight excluding hydrogens is 423 g/mol. The second kappa shape index (κ2) is 5.78. The molecule has 0 bridgehead atoms. The maximum absolute atomic E-state index is 10.6. The number of fused-ring (bicyclic) bond motifs is 1. The highest BCUT2D eigenvalue weighted by atomic mass is 79.9. The van der Waals surface area contributed by atoms with E-state index in [1.54, 1.807) is 0 Å². The fraction of sp³-hybridized carbons (Fsp3) is 0.0667. The van der Waals surface area contributed by atoms with Crippen LogP contribution in [-0.2, 0) is 0 Å². The van der Waals surface area contributed by atoms with Crippen LogP contribution < -0.4 is 0 Å². The van der Waals surface area contributed by atoms with Crippen molar-refractivity contribution in [1.82, 2.24) is 0 Å². The van der Waals surface area contributed by atoms with Crippen LogP contribution in [0.25, 0.3) is 10.8 Å². The lowest BCUT2D eigenvalue weighted by molar-refractivity contribution is 0.225. The molecule has 1 nitrogen and oxygen atoms in total. The van der Waals surface area contributed by atoms with Crippen LogP contribution in [0.3, 0.4) is 0 Å². The number of benzene rings is 2. The van der Waals surface area contributed by atoms with Crippen molar-refractivity contribution in [3.8, 4) is 0 Å². The molecule has 0 aliphatic heterocycles. The van der Waals surface area contributed by atoms with E-state index in [0.717, 1.165) is 29.5 Å². The first-order chi connectivity index (χ1) is 9.58. The molecule has 1 unspecified atom stereocenters. The third-order valence-corrected chi connectivity index (χ3v) is 6.77. The zero-order chi connectivity index (χ0) is 14.3. The predicted octanol–water partition coefficient (Wildman–Crippen LogP) is 6.16. The van der Waals surface area contributed by atoms with E-state index in [4.69, 9.17) is 11.6 Å². The van der Waals surface area contributed by atoms with E-state index in [9.17, 15) is 5.11 Å². The molecule has 3 rings (SSSR count). The maximum atomic E-state index is 10.6. The van der Waals surface area contributed by atoms with Crippen LogP contribution >= 0.6 is 54.8 Å². The number of hydrogen-bond acceptors (Lipinski definition) is 2. The molecule has 1 aromatic heterocycles. The molecule has 5 heteroatoms. The minimum absolute atomic E-state index is 0.662. The third-order valence-electron chi connectivity index (χ3n) is 3.13. The summed E-state index contributed by atoms with van der Waals surface area (Å²) in [5.41, 5.74) is 0.867. The van der Waals surface area contributed by atoms with Gasteiger partial charge in [-0.05, 0) is 54.9 Å². The van der Waals surface area contributed by atoms with E-state index in [0.29, 0.717) is 5.02 Å². The quantitative estimate of drug-likeness (QED) is 0.514. The summed E-state index contributed by atoms with van der Waals surface area (Å²) in [6, 6.07) is 13.5. The van der Waals surface area contributed by atoms with Crippen LogP contribution in [0.1, 0.15) is 16.5 Å². The topological polar surface area (TPSA) is 20.2 Å². The SMILES string of the molecule is OC(c1cc(Br)c(Br)s1)c1ccc(Cl)c2ccccc12. The van der Waals surface area contributed by atoms with Crippen LogP contribution in [0, 0.1) is 0 Å². The first-order valence-electron chi connectivity index (χ1n) is 5.88. The molecule has 0 aliphatic rings. The van der Waals surface area contributed by atoms with Gasteiger partial charge < -0.3 is 5.11 Å². The van der Waals surface area contributed by atoms with Crippen LogP contribution in [0.2, 0.25) is 5.02 Å². The number of aliphatic hydroxyl groups is 1. The van der Waals surface area contributed by atoms with Gasteiger partial charge in [-0.3, -0.25) is 0 Å². The summed E-state index contributed by atoms with van der Waals surface area (Å²) in [4.78, 5) is 0.885. The highest BCUT2D eigenvalue weighted by Crippen LogP contribution is 2.39. The normalized spacial score (nSPS) is 12.8. The van der Waals surface area contributed by atoms with Crippen molar-refractivity contribution in [2.75, 3.05) is 0 Å². The van der Waals surface area contributed by atoms with Crippen LogP contribution in [0.5, 0.6) is 0 Å². The van der Waals surface area contributed by atoms with Crippen molar-refractivity contribution in [1.29, 1.82) is 0 Å². The van der Waals surface area contributed by atoms with E-state index in [1.807, 2.05) is 42.5 Å². The van der Waals surface area contributed by atoms with Gasteiger partial charge in [0.15, 0.2) is 0 Å². The van der Waals surface area contributed by atoms with Crippen molar-refractivity contribution in [3.63, 3.8) is 0 Å². The summed E-state index contributed by atoms with van der Waals surface area (Å²) >= 11 is 14.6. The molecule has 3 aromatic rings. The minimum atomic E-state index is -0.662. The molecule has 0 aliphatic carbocycles. The Morgan fingerprint density at radius 2 is 1.75 bits per heavy atom. The summed E-state index contributed by atoms with van der Waals surface area (Å²) in [6.45, 7) is 0. The number of aliphatic hydroxyl groups excluding tert-OH is 1. The fourth-order valence-corrected chi connectivity index (χ4v) is 4.50. The highest BCUT2D eigenvalue weighted by Gasteiger charge is 2.18. The minimum Gasteiger partial charge on any atom is -0.383 e. The monoisotopic (exact) mass is 430 g/mol. The third kappa shape index (κ3) is 2.55. The highest BCUT2D eigenvalue weighted by molar-refractivity contribution is 9.13. The second-order valence-corrected chi connectivity index (χ2v) is 8.02. The summed E-state index contributed by atoms with van der Waals surface area (Å²) < 4.78 is 1.93. The Hall–Kier alpha value is -0.390. The maximum Gasteiger partial charge on any atom is 0.114 e. The molecule has 0 fully saturated rings. The molecule has 1 heterocycles. The molecule has 102 valence electrons. The zero-order valence-electron chi connectivity index (χ0n) is 10.1. The fourth-order valence-electron chi connectivity index (χ4n) is 2.18. The number of halogens is 3. The summed E-state index contributed by atoms with van der Waals surface area (Å²) in [5.74, 6) is 0. The average Bonchev–Trinajstić information content (AvgIpc) is 2.79. The van der Waals surface area contributed by atoms with Gasteiger partial charge in [-0.25, -0.2) is 0 Å². The van der Waals surface area contributed by atoms with Crippen molar-refractivity contribution in [2.45, 2.75) is 6.10 Å². The molecule has 0 amide bonds. The molecule has 1 N–H and O–H groups in total. The molecular formula is C15H9Br2ClOS. The Labute approximate surface area is 142 Å². The van der Waals surface area contributed by atoms with Crippen molar-refractivity contribution < 1.29 is 5.11 Å². The van der Waals surface area contributed by atoms with Gasteiger partial charge in [0.25, 0.3) is 0 Å². The van der Waals surface area contributed by atoms with Crippen molar-refractivity contribution in [2.24, 2.45) is 0 Å². The number of thiophene rings is 1. The van der Waals surface area contributed by atoms with Gasteiger partial charge in [0, 0.05) is 19.8 Å². The van der Waals surface area contributed by atoms with E-state index < -0.39 is 6.10 Å². The second-order valence-electron chi connectivity index (χ2n) is 4.36. The molecule has 0 spiro atoms. The Balaban J connectivity index is 2.17. The average molecular weight is 433 g/mol. The Bertz CT molecular complexity index is 765. The molecule has 2 aromatic carbocycles. The standard InChI is InChI=1S/C15H9Br2ClOS/c16-11-7-13(20-15(11)17)14(19)10-5-6-12(18)9-4-2-1-3-8(9)10/h1-7,14,19H. The summed E-state index contributed by atoms with van der Waals surface area (Å²) in [5, 5.41) is 13.3. The van der Waals surface area contributed by atoms with Gasteiger partial charge in [-0.15, -0.1) is 11.3 Å². The van der Waals surface area contributed by atoms with E-state index in [1.165, 1.54) is 11.3 Å². The smallest absolute Gasteiger partial charge is 0.114 e. The largest absolute Gasteiger partial charge is 0.383 e. The number of hydrogen-bond donors (Lipinski definition) is 1. The van der Waals surface area contributed by atoms with Gasteiger partial charge >= 0.3 is 0 Å². The molecule has 0 radical (unpaired) electrons. The van der Waals surface area contributed by atoms with E-state index >= 15 is 0 Å². The molecule has 0 saturated heterocycles. The van der Waals surface area contributed by atoms with Gasteiger partial charge in [-0.2, -0.15) is 0 Å². The zero-order valence-corrected chi connectivity index (χ0v) is 14.9. The molecule has 1 atom stereocenters. The lowest BCUT2D eigenvalue weighted by Gasteiger charge is -2.13.